The van der Waals surface area contributed by atoms with Crippen LogP contribution in [0.4, 0.5) is 15.8 Å². The molecule has 98 valence electrons. The summed E-state index contributed by atoms with van der Waals surface area (Å²) in [5.74, 6) is -1.68. The average Bonchev–Trinajstić information content (AvgIpc) is 2.30. The van der Waals surface area contributed by atoms with Gasteiger partial charge in [0.2, 0.25) is 0 Å². The Hall–Kier alpha value is -2.18. The van der Waals surface area contributed by atoms with E-state index in [2.05, 4.69) is 0 Å². The van der Waals surface area contributed by atoms with Gasteiger partial charge in [0, 0.05) is 13.1 Å². The molecule has 0 saturated heterocycles. The molecule has 0 saturated carbocycles. The van der Waals surface area contributed by atoms with Crippen LogP contribution in [0.2, 0.25) is 0 Å². The molecule has 0 atom stereocenters. The zero-order valence-electron chi connectivity index (χ0n) is 9.80. The van der Waals surface area contributed by atoms with Gasteiger partial charge in [-0.2, -0.15) is 0 Å². The molecule has 0 fully saturated rings. The molecule has 1 rings (SSSR count). The summed E-state index contributed by atoms with van der Waals surface area (Å²) in [6.45, 7) is 2.28. The first-order valence-corrected chi connectivity index (χ1v) is 5.36. The van der Waals surface area contributed by atoms with E-state index in [-0.39, 0.29) is 24.3 Å². The van der Waals surface area contributed by atoms with E-state index in [1.807, 2.05) is 0 Å². The molecule has 1 aromatic carbocycles. The van der Waals surface area contributed by atoms with Gasteiger partial charge in [-0.25, -0.2) is 4.39 Å². The van der Waals surface area contributed by atoms with Crippen molar-refractivity contribution in [3.8, 4) is 0 Å². The van der Waals surface area contributed by atoms with Crippen molar-refractivity contribution in [2.24, 2.45) is 0 Å². The Kier molecular flexibility index (Phi) is 4.59. The van der Waals surface area contributed by atoms with Crippen molar-refractivity contribution in [1.29, 1.82) is 0 Å². The number of nitrogens with zero attached hydrogens (tertiary/aromatic N) is 2. The Morgan fingerprint density at radius 3 is 2.72 bits per heavy atom. The van der Waals surface area contributed by atoms with Crippen LogP contribution in [-0.4, -0.2) is 29.1 Å². The SMILES string of the molecule is CCN(CCC(=O)O)c1ccc(F)cc1[N+](=O)[O-]. The fourth-order valence-electron chi connectivity index (χ4n) is 1.59. The molecule has 0 heterocycles. The van der Waals surface area contributed by atoms with Crippen LogP contribution in [0.25, 0.3) is 0 Å². The molecule has 0 unspecified atom stereocenters. The molecular weight excluding hydrogens is 243 g/mol. The fourth-order valence-corrected chi connectivity index (χ4v) is 1.59. The van der Waals surface area contributed by atoms with Crippen LogP contribution < -0.4 is 4.90 Å². The molecule has 0 aliphatic rings. The maximum Gasteiger partial charge on any atom is 0.305 e. The molecule has 0 aliphatic heterocycles. The number of anilines is 1. The van der Waals surface area contributed by atoms with Gasteiger partial charge in [-0.05, 0) is 19.1 Å². The maximum atomic E-state index is 13.0. The summed E-state index contributed by atoms with van der Waals surface area (Å²) in [5.41, 5.74) is -0.132. The lowest BCUT2D eigenvalue weighted by atomic mass is 10.2. The Morgan fingerprint density at radius 2 is 2.22 bits per heavy atom. The lowest BCUT2D eigenvalue weighted by Crippen LogP contribution is -2.26. The number of rotatable bonds is 6. The van der Waals surface area contributed by atoms with Gasteiger partial charge in [-0.3, -0.25) is 14.9 Å². The Balaban J connectivity index is 3.04. The highest BCUT2D eigenvalue weighted by atomic mass is 19.1. The third kappa shape index (κ3) is 3.41. The van der Waals surface area contributed by atoms with Gasteiger partial charge in [0.15, 0.2) is 0 Å². The molecule has 0 amide bonds. The predicted octanol–water partition coefficient (Wildman–Crippen LogP) is 2.03. The first-order valence-electron chi connectivity index (χ1n) is 5.36. The van der Waals surface area contributed by atoms with E-state index >= 15 is 0 Å². The molecular formula is C11H13FN2O4. The molecule has 0 spiro atoms. The highest BCUT2D eigenvalue weighted by Gasteiger charge is 2.19. The van der Waals surface area contributed by atoms with Crippen molar-refractivity contribution < 1.29 is 19.2 Å². The summed E-state index contributed by atoms with van der Waals surface area (Å²) in [7, 11) is 0. The summed E-state index contributed by atoms with van der Waals surface area (Å²) in [6.07, 6.45) is -0.137. The van der Waals surface area contributed by atoms with Crippen molar-refractivity contribution >= 4 is 17.3 Å². The smallest absolute Gasteiger partial charge is 0.305 e. The van der Waals surface area contributed by atoms with Crippen molar-refractivity contribution in [1.82, 2.24) is 0 Å². The summed E-state index contributed by atoms with van der Waals surface area (Å²) in [5, 5.41) is 19.4. The van der Waals surface area contributed by atoms with Gasteiger partial charge < -0.3 is 10.0 Å². The average molecular weight is 256 g/mol. The van der Waals surface area contributed by atoms with Gasteiger partial charge in [0.1, 0.15) is 11.5 Å². The maximum absolute atomic E-state index is 13.0. The van der Waals surface area contributed by atoms with Crippen molar-refractivity contribution in [2.75, 3.05) is 18.0 Å². The second kappa shape index (κ2) is 5.95. The van der Waals surface area contributed by atoms with Crippen molar-refractivity contribution in [3.63, 3.8) is 0 Å². The number of nitro groups is 1. The molecule has 0 bridgehead atoms. The monoisotopic (exact) mass is 256 g/mol. The highest BCUT2D eigenvalue weighted by Crippen LogP contribution is 2.28. The van der Waals surface area contributed by atoms with Crippen molar-refractivity contribution in [3.05, 3.63) is 34.1 Å². The van der Waals surface area contributed by atoms with Crippen LogP contribution in [0.3, 0.4) is 0 Å². The van der Waals surface area contributed by atoms with E-state index in [1.54, 1.807) is 6.92 Å². The van der Waals surface area contributed by atoms with Crippen LogP contribution in [0, 0.1) is 15.9 Å². The van der Waals surface area contributed by atoms with Crippen LogP contribution >= 0.6 is 0 Å². The van der Waals surface area contributed by atoms with Gasteiger partial charge in [0.25, 0.3) is 5.69 Å². The van der Waals surface area contributed by atoms with E-state index in [0.717, 1.165) is 12.1 Å². The second-order valence-corrected chi connectivity index (χ2v) is 3.61. The molecule has 0 aliphatic carbocycles. The first-order chi connectivity index (χ1) is 8.45. The molecule has 0 aromatic heterocycles. The minimum atomic E-state index is -0.988. The standard InChI is InChI=1S/C11H13FN2O4/c1-2-13(6-5-11(15)16)9-4-3-8(12)7-10(9)14(17)18/h3-4,7H,2,5-6H2,1H3,(H,15,16). The Bertz CT molecular complexity index is 464. The molecule has 1 aromatic rings. The van der Waals surface area contributed by atoms with Crippen LogP contribution in [0.1, 0.15) is 13.3 Å². The van der Waals surface area contributed by atoms with Gasteiger partial charge in [-0.15, -0.1) is 0 Å². The number of hydrogen-bond donors (Lipinski definition) is 1. The van der Waals surface area contributed by atoms with E-state index in [4.69, 9.17) is 5.11 Å². The van der Waals surface area contributed by atoms with E-state index in [0.29, 0.717) is 6.54 Å². The summed E-state index contributed by atoms with van der Waals surface area (Å²) >= 11 is 0. The quantitative estimate of drug-likeness (QED) is 0.622. The van der Waals surface area contributed by atoms with Gasteiger partial charge >= 0.3 is 5.97 Å². The predicted molar refractivity (Wildman–Crippen MR) is 63.2 cm³/mol. The number of carboxylic acid groups (broad SMARTS) is 1. The normalized spacial score (nSPS) is 10.1. The summed E-state index contributed by atoms with van der Waals surface area (Å²) in [6, 6.07) is 3.24. The fraction of sp³-hybridized carbons (Fsp3) is 0.364. The number of carbonyl (C=O) groups is 1. The Labute approximate surface area is 103 Å². The molecule has 0 radical (unpaired) electrons. The van der Waals surface area contributed by atoms with E-state index < -0.39 is 16.7 Å². The number of nitro benzene ring substituents is 1. The summed E-state index contributed by atoms with van der Waals surface area (Å²) in [4.78, 5) is 22.2. The minimum Gasteiger partial charge on any atom is -0.481 e. The van der Waals surface area contributed by atoms with Crippen LogP contribution in [0.15, 0.2) is 18.2 Å². The van der Waals surface area contributed by atoms with E-state index in [1.165, 1.54) is 11.0 Å². The molecule has 6 nitrogen and oxygen atoms in total. The number of aliphatic carboxylic acids is 1. The van der Waals surface area contributed by atoms with Crippen LogP contribution in [0.5, 0.6) is 0 Å². The largest absolute Gasteiger partial charge is 0.481 e. The second-order valence-electron chi connectivity index (χ2n) is 3.61. The molecule has 18 heavy (non-hydrogen) atoms. The zero-order valence-corrected chi connectivity index (χ0v) is 9.80. The topological polar surface area (TPSA) is 83.7 Å². The zero-order chi connectivity index (χ0) is 13.7. The van der Waals surface area contributed by atoms with Gasteiger partial charge in [-0.1, -0.05) is 0 Å². The van der Waals surface area contributed by atoms with E-state index in [9.17, 15) is 19.3 Å². The highest BCUT2D eigenvalue weighted by molar-refractivity contribution is 5.69. The third-order valence-electron chi connectivity index (χ3n) is 2.45. The first kappa shape index (κ1) is 13.9. The number of carboxylic acids is 1. The lowest BCUT2D eigenvalue weighted by molar-refractivity contribution is -0.384. The van der Waals surface area contributed by atoms with Gasteiger partial charge in [0.05, 0.1) is 17.4 Å². The number of halogens is 1. The lowest BCUT2D eigenvalue weighted by Gasteiger charge is -2.21. The third-order valence-corrected chi connectivity index (χ3v) is 2.45. The molecule has 1 N–H and O–H groups in total. The van der Waals surface area contributed by atoms with Crippen molar-refractivity contribution in [2.45, 2.75) is 13.3 Å². The minimum absolute atomic E-state index is 0.137. The summed E-state index contributed by atoms with van der Waals surface area (Å²) < 4.78 is 13.0. The number of hydrogen-bond acceptors (Lipinski definition) is 4. The number of benzene rings is 1. The Morgan fingerprint density at radius 1 is 1.56 bits per heavy atom. The van der Waals surface area contributed by atoms with Crippen LogP contribution in [-0.2, 0) is 4.79 Å². The molecule has 7 heteroatoms.